The highest BCUT2D eigenvalue weighted by atomic mass is 79.9. The molecule has 0 amide bonds. The van der Waals surface area contributed by atoms with Crippen molar-refractivity contribution in [1.82, 2.24) is 0 Å². The second-order valence-corrected chi connectivity index (χ2v) is 5.16. The number of hydrogen-bond donors (Lipinski definition) is 0. The maximum Gasteiger partial charge on any atom is 0.237 e. The molecule has 0 bridgehead atoms. The van der Waals surface area contributed by atoms with Crippen LogP contribution in [0, 0.1) is 0 Å². The summed E-state index contributed by atoms with van der Waals surface area (Å²) in [5.74, 6) is -0.564. The topological polar surface area (TPSA) is 43.4 Å². The molecule has 0 heterocycles. The summed E-state index contributed by atoms with van der Waals surface area (Å²) >= 11 is 9.14. The van der Waals surface area contributed by atoms with Gasteiger partial charge in [0.2, 0.25) is 11.6 Å². The van der Waals surface area contributed by atoms with Gasteiger partial charge in [0, 0.05) is 0 Å². The fourth-order valence-electron chi connectivity index (χ4n) is 0.931. The van der Waals surface area contributed by atoms with Crippen molar-refractivity contribution < 1.29 is 14.3 Å². The third-order valence-corrected chi connectivity index (χ3v) is 4.41. The first-order valence-corrected chi connectivity index (χ1v) is 6.55. The standard InChI is InChI=1S/C9H7Br3O3/c1-2-3-15-9-6(12)7(13)4(10)5(11)8(9)14/h2-3H2,1H3. The van der Waals surface area contributed by atoms with Gasteiger partial charge < -0.3 is 4.74 Å². The molecule has 1 rings (SSSR count). The average molecular weight is 403 g/mol. The molecular formula is C9H7Br3O3. The molecule has 0 unspecified atom stereocenters. The Labute approximate surface area is 112 Å². The summed E-state index contributed by atoms with van der Waals surface area (Å²) in [5.41, 5.74) is 0. The van der Waals surface area contributed by atoms with Crippen LogP contribution in [0.4, 0.5) is 0 Å². The Bertz CT molecular complexity index is 382. The van der Waals surface area contributed by atoms with E-state index in [0.29, 0.717) is 6.61 Å². The number of ketones is 2. The molecule has 0 radical (unpaired) electrons. The molecule has 0 aromatic carbocycles. The van der Waals surface area contributed by atoms with Crippen LogP contribution in [0.5, 0.6) is 0 Å². The fourth-order valence-corrected chi connectivity index (χ4v) is 2.43. The van der Waals surface area contributed by atoms with Crippen LogP contribution in [0.1, 0.15) is 13.3 Å². The lowest BCUT2D eigenvalue weighted by Crippen LogP contribution is -2.19. The van der Waals surface area contributed by atoms with Crippen LogP contribution in [0.3, 0.4) is 0 Å². The Morgan fingerprint density at radius 3 is 2.07 bits per heavy atom. The SMILES string of the molecule is CCCOC1=C(Br)C(=O)C(Br)=C(Br)C1=O. The van der Waals surface area contributed by atoms with Crippen molar-refractivity contribution in [3.63, 3.8) is 0 Å². The quantitative estimate of drug-likeness (QED) is 0.681. The molecule has 6 heteroatoms. The number of rotatable bonds is 3. The molecule has 1 aliphatic rings. The third kappa shape index (κ3) is 2.60. The zero-order valence-electron chi connectivity index (χ0n) is 7.77. The van der Waals surface area contributed by atoms with Crippen molar-refractivity contribution in [1.29, 1.82) is 0 Å². The maximum absolute atomic E-state index is 11.7. The Morgan fingerprint density at radius 1 is 1.00 bits per heavy atom. The van der Waals surface area contributed by atoms with Gasteiger partial charge in [0.15, 0.2) is 5.76 Å². The first kappa shape index (κ1) is 13.1. The van der Waals surface area contributed by atoms with Crippen LogP contribution < -0.4 is 0 Å². The van der Waals surface area contributed by atoms with Crippen LogP contribution in [0.2, 0.25) is 0 Å². The molecule has 0 N–H and O–H groups in total. The summed E-state index contributed by atoms with van der Waals surface area (Å²) in [4.78, 5) is 23.3. The lowest BCUT2D eigenvalue weighted by molar-refractivity contribution is -0.117. The van der Waals surface area contributed by atoms with Gasteiger partial charge in [0.25, 0.3) is 0 Å². The summed E-state index contributed by atoms with van der Waals surface area (Å²) in [6, 6.07) is 0. The Kier molecular flexibility index (Phi) is 4.73. The molecular weight excluding hydrogens is 396 g/mol. The highest BCUT2D eigenvalue weighted by Gasteiger charge is 2.32. The van der Waals surface area contributed by atoms with Crippen LogP contribution in [-0.2, 0) is 14.3 Å². The molecule has 0 aromatic heterocycles. The van der Waals surface area contributed by atoms with E-state index in [9.17, 15) is 9.59 Å². The van der Waals surface area contributed by atoms with Gasteiger partial charge in [0.1, 0.15) is 4.48 Å². The summed E-state index contributed by atoms with van der Waals surface area (Å²) < 4.78 is 5.79. The number of ether oxygens (including phenoxy) is 1. The number of hydrogen-bond acceptors (Lipinski definition) is 3. The molecule has 0 aromatic rings. The van der Waals surface area contributed by atoms with E-state index in [0.717, 1.165) is 6.42 Å². The minimum absolute atomic E-state index is 0.0666. The molecule has 0 fully saturated rings. The van der Waals surface area contributed by atoms with Gasteiger partial charge >= 0.3 is 0 Å². The monoisotopic (exact) mass is 400 g/mol. The van der Waals surface area contributed by atoms with Gasteiger partial charge in [-0.2, -0.15) is 0 Å². The van der Waals surface area contributed by atoms with Gasteiger partial charge in [-0.3, -0.25) is 9.59 Å². The number of carbonyl (C=O) groups excluding carboxylic acids is 2. The summed E-state index contributed by atoms with van der Waals surface area (Å²) in [6.45, 7) is 2.33. The molecule has 0 atom stereocenters. The van der Waals surface area contributed by atoms with E-state index in [4.69, 9.17) is 4.74 Å². The van der Waals surface area contributed by atoms with Crippen LogP contribution >= 0.6 is 47.8 Å². The summed E-state index contributed by atoms with van der Waals surface area (Å²) in [7, 11) is 0. The van der Waals surface area contributed by atoms with E-state index >= 15 is 0 Å². The van der Waals surface area contributed by atoms with Crippen LogP contribution in [-0.4, -0.2) is 18.2 Å². The molecule has 0 saturated heterocycles. The van der Waals surface area contributed by atoms with Gasteiger partial charge in [-0.25, -0.2) is 0 Å². The van der Waals surface area contributed by atoms with Gasteiger partial charge in [0.05, 0.1) is 15.6 Å². The zero-order chi connectivity index (χ0) is 11.6. The number of carbonyl (C=O) groups is 2. The van der Waals surface area contributed by atoms with Crippen molar-refractivity contribution in [3.8, 4) is 0 Å². The normalized spacial score (nSPS) is 17.6. The van der Waals surface area contributed by atoms with E-state index < -0.39 is 0 Å². The van der Waals surface area contributed by atoms with Crippen LogP contribution in [0.25, 0.3) is 0 Å². The van der Waals surface area contributed by atoms with Crippen LogP contribution in [0.15, 0.2) is 19.2 Å². The van der Waals surface area contributed by atoms with E-state index in [1.165, 1.54) is 0 Å². The van der Waals surface area contributed by atoms with E-state index in [-0.39, 0.29) is 30.8 Å². The largest absolute Gasteiger partial charge is 0.488 e. The predicted octanol–water partition coefficient (Wildman–Crippen LogP) is 3.17. The molecule has 1 aliphatic carbocycles. The predicted molar refractivity (Wildman–Crippen MR) is 67.1 cm³/mol. The van der Waals surface area contributed by atoms with Crippen molar-refractivity contribution in [2.75, 3.05) is 6.61 Å². The Hall–Kier alpha value is 0.0600. The zero-order valence-corrected chi connectivity index (χ0v) is 12.5. The minimum Gasteiger partial charge on any atom is -0.488 e. The maximum atomic E-state index is 11.7. The van der Waals surface area contributed by atoms with Crippen molar-refractivity contribution in [2.24, 2.45) is 0 Å². The van der Waals surface area contributed by atoms with Crippen molar-refractivity contribution in [3.05, 3.63) is 19.2 Å². The smallest absolute Gasteiger partial charge is 0.237 e. The number of halogens is 3. The lowest BCUT2D eigenvalue weighted by atomic mass is 10.1. The highest BCUT2D eigenvalue weighted by molar-refractivity contribution is 9.15. The molecule has 0 saturated carbocycles. The summed E-state index contributed by atoms with van der Waals surface area (Å²) in [5, 5.41) is 0. The Morgan fingerprint density at radius 2 is 1.53 bits per heavy atom. The molecule has 82 valence electrons. The second kappa shape index (κ2) is 5.41. The molecule has 0 spiro atoms. The molecule has 3 nitrogen and oxygen atoms in total. The highest BCUT2D eigenvalue weighted by Crippen LogP contribution is 2.34. The average Bonchev–Trinajstić information content (AvgIpc) is 2.24. The van der Waals surface area contributed by atoms with Gasteiger partial charge in [-0.15, -0.1) is 0 Å². The third-order valence-electron chi connectivity index (χ3n) is 1.65. The van der Waals surface area contributed by atoms with E-state index in [1.54, 1.807) is 0 Å². The number of Topliss-reactive ketones (excluding diaryl/α,β-unsaturated/α-hetero) is 2. The fraction of sp³-hybridized carbons (Fsp3) is 0.333. The van der Waals surface area contributed by atoms with E-state index in [2.05, 4.69) is 47.8 Å². The first-order valence-electron chi connectivity index (χ1n) is 4.18. The minimum atomic E-state index is -0.332. The number of allylic oxidation sites excluding steroid dienone is 3. The first-order chi connectivity index (χ1) is 7.00. The Balaban J connectivity index is 3.05. The lowest BCUT2D eigenvalue weighted by Gasteiger charge is -2.15. The molecule has 0 aliphatic heterocycles. The van der Waals surface area contributed by atoms with Crippen molar-refractivity contribution in [2.45, 2.75) is 13.3 Å². The summed E-state index contributed by atoms with van der Waals surface area (Å²) in [6.07, 6.45) is 0.772. The van der Waals surface area contributed by atoms with E-state index in [1.807, 2.05) is 6.92 Å². The van der Waals surface area contributed by atoms with Crippen molar-refractivity contribution >= 4 is 59.4 Å². The second-order valence-electron chi connectivity index (χ2n) is 2.78. The van der Waals surface area contributed by atoms with Gasteiger partial charge in [-0.05, 0) is 54.2 Å². The molecule has 15 heavy (non-hydrogen) atoms. The van der Waals surface area contributed by atoms with Gasteiger partial charge in [-0.1, -0.05) is 6.92 Å².